The van der Waals surface area contributed by atoms with Crippen molar-refractivity contribution in [1.82, 2.24) is 14.8 Å². The Morgan fingerprint density at radius 3 is 2.52 bits per heavy atom. The first-order chi connectivity index (χ1) is 10.9. The lowest BCUT2D eigenvalue weighted by Gasteiger charge is -2.15. The highest BCUT2D eigenvalue weighted by atomic mass is 32.2. The van der Waals surface area contributed by atoms with Crippen molar-refractivity contribution in [1.29, 1.82) is 0 Å². The first-order valence-corrected chi connectivity index (χ1v) is 8.23. The number of esters is 1. The summed E-state index contributed by atoms with van der Waals surface area (Å²) in [6, 6.07) is 6.08. The van der Waals surface area contributed by atoms with Crippen LogP contribution < -0.4 is 4.74 Å². The second kappa shape index (κ2) is 7.50. The van der Waals surface area contributed by atoms with Gasteiger partial charge in [0.1, 0.15) is 5.75 Å². The third kappa shape index (κ3) is 4.48. The number of rotatable bonds is 6. The van der Waals surface area contributed by atoms with Crippen molar-refractivity contribution in [3.63, 3.8) is 0 Å². The average molecular weight is 335 g/mol. The smallest absolute Gasteiger partial charge is 0.316 e. The summed E-state index contributed by atoms with van der Waals surface area (Å²) in [6.45, 7) is 6.00. The van der Waals surface area contributed by atoms with Crippen molar-refractivity contribution in [3.8, 4) is 5.75 Å². The molecule has 0 fully saturated rings. The second-order valence-corrected chi connectivity index (χ2v) is 6.29. The molecule has 0 N–H and O–H groups in total. The van der Waals surface area contributed by atoms with Gasteiger partial charge in [0, 0.05) is 7.05 Å². The molecule has 23 heavy (non-hydrogen) atoms. The molecule has 6 nitrogen and oxygen atoms in total. The molecule has 2 rings (SSSR count). The Morgan fingerprint density at radius 1 is 1.26 bits per heavy atom. The SMILES string of the molecule is COC(=O)CSc1nnc([C@H](C)Oc2cc(C)cc(C)c2)n1C. The fraction of sp³-hybridized carbons (Fsp3) is 0.438. The van der Waals surface area contributed by atoms with Gasteiger partial charge in [-0.2, -0.15) is 0 Å². The van der Waals surface area contributed by atoms with Gasteiger partial charge >= 0.3 is 5.97 Å². The Balaban J connectivity index is 2.09. The van der Waals surface area contributed by atoms with Gasteiger partial charge in [0.05, 0.1) is 12.9 Å². The van der Waals surface area contributed by atoms with E-state index in [2.05, 4.69) is 21.0 Å². The highest BCUT2D eigenvalue weighted by molar-refractivity contribution is 7.99. The summed E-state index contributed by atoms with van der Waals surface area (Å²) in [5.74, 6) is 1.42. The molecule has 1 atom stereocenters. The van der Waals surface area contributed by atoms with Crippen LogP contribution in [0.25, 0.3) is 0 Å². The predicted molar refractivity (Wildman–Crippen MR) is 88.7 cm³/mol. The topological polar surface area (TPSA) is 66.2 Å². The van der Waals surface area contributed by atoms with Crippen LogP contribution in [0.3, 0.4) is 0 Å². The molecule has 1 aromatic heterocycles. The monoisotopic (exact) mass is 335 g/mol. The number of hydrogen-bond donors (Lipinski definition) is 0. The van der Waals surface area contributed by atoms with Gasteiger partial charge in [-0.05, 0) is 44.0 Å². The number of benzene rings is 1. The molecule has 0 aliphatic rings. The Labute approximate surface area is 140 Å². The van der Waals surface area contributed by atoms with Crippen molar-refractivity contribution in [2.75, 3.05) is 12.9 Å². The first kappa shape index (κ1) is 17.3. The minimum Gasteiger partial charge on any atom is -0.483 e. The molecule has 0 aliphatic carbocycles. The molecule has 1 aromatic carbocycles. The Bertz CT molecular complexity index is 680. The van der Waals surface area contributed by atoms with Gasteiger partial charge in [0.15, 0.2) is 17.1 Å². The number of ether oxygens (including phenoxy) is 2. The standard InChI is InChI=1S/C16H21N3O3S/c1-10-6-11(2)8-13(7-10)22-12(3)15-17-18-16(19(15)4)23-9-14(20)21-5/h6-8,12H,9H2,1-5H3/t12-/m0/s1. The summed E-state index contributed by atoms with van der Waals surface area (Å²) >= 11 is 1.29. The zero-order chi connectivity index (χ0) is 17.0. The fourth-order valence-electron chi connectivity index (χ4n) is 2.25. The number of hydrogen-bond acceptors (Lipinski definition) is 6. The van der Waals surface area contributed by atoms with E-state index in [0.29, 0.717) is 11.0 Å². The van der Waals surface area contributed by atoms with E-state index in [1.54, 1.807) is 0 Å². The zero-order valence-electron chi connectivity index (χ0n) is 14.0. The quantitative estimate of drug-likeness (QED) is 0.597. The van der Waals surface area contributed by atoms with Crippen molar-refractivity contribution >= 4 is 17.7 Å². The maximum atomic E-state index is 11.2. The van der Waals surface area contributed by atoms with E-state index in [1.165, 1.54) is 18.9 Å². The van der Waals surface area contributed by atoms with E-state index in [4.69, 9.17) is 4.74 Å². The highest BCUT2D eigenvalue weighted by Gasteiger charge is 2.18. The minimum absolute atomic E-state index is 0.203. The molecule has 0 bridgehead atoms. The molecule has 0 spiro atoms. The molecule has 1 heterocycles. The van der Waals surface area contributed by atoms with Crippen LogP contribution in [0.2, 0.25) is 0 Å². The van der Waals surface area contributed by atoms with E-state index in [1.807, 2.05) is 44.5 Å². The van der Waals surface area contributed by atoms with Crippen LogP contribution in [0.5, 0.6) is 5.75 Å². The second-order valence-electron chi connectivity index (χ2n) is 5.35. The van der Waals surface area contributed by atoms with Crippen LogP contribution in [0.1, 0.15) is 30.0 Å². The summed E-state index contributed by atoms with van der Waals surface area (Å²) in [5.41, 5.74) is 2.30. The number of aromatic nitrogens is 3. The maximum absolute atomic E-state index is 11.2. The third-order valence-corrected chi connectivity index (χ3v) is 4.28. The highest BCUT2D eigenvalue weighted by Crippen LogP contribution is 2.25. The van der Waals surface area contributed by atoms with Gasteiger partial charge in [-0.1, -0.05) is 17.8 Å². The molecule has 0 saturated heterocycles. The van der Waals surface area contributed by atoms with E-state index in [9.17, 15) is 4.79 Å². The van der Waals surface area contributed by atoms with Crippen LogP contribution >= 0.6 is 11.8 Å². The number of aryl methyl sites for hydroxylation is 2. The van der Waals surface area contributed by atoms with Gasteiger partial charge in [0.25, 0.3) is 0 Å². The van der Waals surface area contributed by atoms with Gasteiger partial charge < -0.3 is 14.0 Å². The minimum atomic E-state index is -0.293. The van der Waals surface area contributed by atoms with Crippen LogP contribution in [0.15, 0.2) is 23.4 Å². The van der Waals surface area contributed by atoms with E-state index in [-0.39, 0.29) is 17.8 Å². The van der Waals surface area contributed by atoms with Gasteiger partial charge in [-0.3, -0.25) is 4.79 Å². The van der Waals surface area contributed by atoms with E-state index < -0.39 is 0 Å². The largest absolute Gasteiger partial charge is 0.483 e. The van der Waals surface area contributed by atoms with E-state index in [0.717, 1.165) is 16.9 Å². The zero-order valence-corrected chi connectivity index (χ0v) is 14.8. The lowest BCUT2D eigenvalue weighted by Crippen LogP contribution is -2.10. The molecular formula is C16H21N3O3S. The normalized spacial score (nSPS) is 12.0. The summed E-state index contributed by atoms with van der Waals surface area (Å²) < 4.78 is 12.4. The van der Waals surface area contributed by atoms with Gasteiger partial charge in [0.2, 0.25) is 0 Å². The molecule has 124 valence electrons. The molecule has 0 saturated carbocycles. The Kier molecular flexibility index (Phi) is 5.65. The number of thioether (sulfide) groups is 1. The molecule has 0 radical (unpaired) electrons. The van der Waals surface area contributed by atoms with Crippen LogP contribution in [0.4, 0.5) is 0 Å². The molecule has 0 aliphatic heterocycles. The molecule has 7 heteroatoms. The van der Waals surface area contributed by atoms with Gasteiger partial charge in [-0.25, -0.2) is 0 Å². The predicted octanol–water partition coefficient (Wildman–Crippen LogP) is 2.84. The lowest BCUT2D eigenvalue weighted by atomic mass is 10.1. The Morgan fingerprint density at radius 2 is 1.91 bits per heavy atom. The van der Waals surface area contributed by atoms with Crippen LogP contribution in [-0.4, -0.2) is 33.6 Å². The lowest BCUT2D eigenvalue weighted by molar-refractivity contribution is -0.137. The van der Waals surface area contributed by atoms with Crippen molar-refractivity contribution in [2.24, 2.45) is 7.05 Å². The fourth-order valence-corrected chi connectivity index (χ4v) is 3.00. The molecular weight excluding hydrogens is 314 g/mol. The molecule has 2 aromatic rings. The average Bonchev–Trinajstić information content (AvgIpc) is 2.84. The van der Waals surface area contributed by atoms with Crippen LogP contribution in [0, 0.1) is 13.8 Å². The van der Waals surface area contributed by atoms with Crippen molar-refractivity contribution in [2.45, 2.75) is 32.0 Å². The van der Waals surface area contributed by atoms with E-state index >= 15 is 0 Å². The summed E-state index contributed by atoms with van der Waals surface area (Å²) in [5, 5.41) is 8.94. The number of nitrogens with zero attached hydrogens (tertiary/aromatic N) is 3. The maximum Gasteiger partial charge on any atom is 0.316 e. The van der Waals surface area contributed by atoms with Crippen molar-refractivity contribution in [3.05, 3.63) is 35.2 Å². The number of carbonyl (C=O) groups excluding carboxylic acids is 1. The number of carbonyl (C=O) groups is 1. The molecule has 0 unspecified atom stereocenters. The summed E-state index contributed by atoms with van der Waals surface area (Å²) in [7, 11) is 3.22. The molecule has 0 amide bonds. The number of methoxy groups -OCH3 is 1. The van der Waals surface area contributed by atoms with Gasteiger partial charge in [-0.15, -0.1) is 10.2 Å². The third-order valence-electron chi connectivity index (χ3n) is 3.29. The van der Waals surface area contributed by atoms with Crippen LogP contribution in [-0.2, 0) is 16.6 Å². The first-order valence-electron chi connectivity index (χ1n) is 7.24. The summed E-state index contributed by atoms with van der Waals surface area (Å²) in [4.78, 5) is 11.2. The van der Waals surface area contributed by atoms with Crippen molar-refractivity contribution < 1.29 is 14.3 Å². The Hall–Kier alpha value is -2.02. The summed E-state index contributed by atoms with van der Waals surface area (Å²) in [6.07, 6.45) is -0.249.